The lowest BCUT2D eigenvalue weighted by atomic mass is 9.83. The first kappa shape index (κ1) is 16.5. The Hall–Kier alpha value is -0.530. The molecule has 1 fully saturated rings. The Morgan fingerprint density at radius 1 is 1.21 bits per heavy atom. The number of carbonyl (C=O) groups is 1. The normalized spacial score (nSPS) is 26.6. The molecule has 0 aromatic carbocycles. The number of aliphatic carboxylic acids is 1. The molecule has 2 nitrogen and oxygen atoms in total. The molecule has 0 aromatic rings. The van der Waals surface area contributed by atoms with Crippen LogP contribution in [0.1, 0.15) is 72.6 Å². The summed E-state index contributed by atoms with van der Waals surface area (Å²) in [5, 5.41) is 8.74. The Labute approximate surface area is 119 Å². The van der Waals surface area contributed by atoms with Crippen LogP contribution in [0.3, 0.4) is 0 Å². The second-order valence-electron chi connectivity index (χ2n) is 7.18. The average Bonchev–Trinajstić information content (AvgIpc) is 2.75. The highest BCUT2D eigenvalue weighted by atomic mass is 16.4. The Morgan fingerprint density at radius 2 is 1.89 bits per heavy atom. The molecule has 0 bridgehead atoms. The number of carboxylic acid groups (broad SMARTS) is 1. The highest BCUT2D eigenvalue weighted by Gasteiger charge is 2.29. The first-order valence-corrected chi connectivity index (χ1v) is 8.12. The first-order valence-electron chi connectivity index (χ1n) is 8.12. The lowest BCUT2D eigenvalue weighted by Gasteiger charge is -2.23. The van der Waals surface area contributed by atoms with Crippen LogP contribution in [-0.4, -0.2) is 11.1 Å². The van der Waals surface area contributed by atoms with Crippen molar-refractivity contribution in [3.63, 3.8) is 0 Å². The van der Waals surface area contributed by atoms with E-state index in [1.165, 1.54) is 32.1 Å². The summed E-state index contributed by atoms with van der Waals surface area (Å²) in [5.41, 5.74) is 0. The summed E-state index contributed by atoms with van der Waals surface area (Å²) in [6, 6.07) is 0. The number of hydrogen-bond donors (Lipinski definition) is 1. The highest BCUT2D eigenvalue weighted by Crippen LogP contribution is 2.40. The van der Waals surface area contributed by atoms with Crippen LogP contribution >= 0.6 is 0 Å². The van der Waals surface area contributed by atoms with Crippen molar-refractivity contribution in [1.82, 2.24) is 0 Å². The predicted octanol–water partition coefficient (Wildman–Crippen LogP) is 4.98. The van der Waals surface area contributed by atoms with Crippen molar-refractivity contribution >= 4 is 5.97 Å². The van der Waals surface area contributed by atoms with E-state index < -0.39 is 5.97 Å². The molecule has 1 aliphatic carbocycles. The summed E-state index contributed by atoms with van der Waals surface area (Å²) in [6.45, 7) is 9.15. The molecule has 1 N–H and O–H groups in total. The van der Waals surface area contributed by atoms with Gasteiger partial charge in [0.25, 0.3) is 0 Å². The lowest BCUT2D eigenvalue weighted by molar-refractivity contribution is -0.138. The minimum Gasteiger partial charge on any atom is -0.481 e. The number of rotatable bonds is 8. The van der Waals surface area contributed by atoms with Gasteiger partial charge in [0.1, 0.15) is 0 Å². The monoisotopic (exact) mass is 268 g/mol. The van der Waals surface area contributed by atoms with Crippen LogP contribution in [-0.2, 0) is 4.79 Å². The van der Waals surface area contributed by atoms with E-state index in [4.69, 9.17) is 5.11 Å². The molecular weight excluding hydrogens is 236 g/mol. The van der Waals surface area contributed by atoms with Gasteiger partial charge in [-0.15, -0.1) is 0 Å². The van der Waals surface area contributed by atoms with Crippen LogP contribution in [0, 0.1) is 29.6 Å². The molecule has 0 saturated heterocycles. The van der Waals surface area contributed by atoms with Crippen molar-refractivity contribution in [1.29, 1.82) is 0 Å². The first-order chi connectivity index (χ1) is 8.90. The van der Waals surface area contributed by atoms with E-state index in [0.717, 1.165) is 30.1 Å². The van der Waals surface area contributed by atoms with Gasteiger partial charge in [0.2, 0.25) is 0 Å². The fraction of sp³-hybridized carbons (Fsp3) is 0.941. The van der Waals surface area contributed by atoms with Crippen molar-refractivity contribution in [2.24, 2.45) is 29.6 Å². The van der Waals surface area contributed by atoms with E-state index in [1.807, 2.05) is 0 Å². The van der Waals surface area contributed by atoms with Gasteiger partial charge in [0.15, 0.2) is 0 Å². The van der Waals surface area contributed by atoms with Crippen molar-refractivity contribution in [3.8, 4) is 0 Å². The third-order valence-corrected chi connectivity index (χ3v) is 5.21. The van der Waals surface area contributed by atoms with Gasteiger partial charge >= 0.3 is 5.97 Å². The molecule has 4 unspecified atom stereocenters. The molecule has 1 saturated carbocycles. The van der Waals surface area contributed by atoms with E-state index >= 15 is 0 Å². The SMILES string of the molecule is CC(CCCC1CCC(C(C)C(C)C)C1)CC(=O)O. The van der Waals surface area contributed by atoms with Gasteiger partial charge in [-0.3, -0.25) is 4.79 Å². The highest BCUT2D eigenvalue weighted by molar-refractivity contribution is 5.66. The van der Waals surface area contributed by atoms with Gasteiger partial charge < -0.3 is 5.11 Å². The molecule has 1 rings (SSSR count). The van der Waals surface area contributed by atoms with Gasteiger partial charge in [-0.25, -0.2) is 0 Å². The third kappa shape index (κ3) is 5.97. The van der Waals surface area contributed by atoms with Crippen LogP contribution in [0.25, 0.3) is 0 Å². The second-order valence-corrected chi connectivity index (χ2v) is 7.18. The Bertz CT molecular complexity index is 272. The Kier molecular flexibility index (Phi) is 6.88. The van der Waals surface area contributed by atoms with Gasteiger partial charge in [-0.2, -0.15) is 0 Å². The van der Waals surface area contributed by atoms with Gasteiger partial charge in [-0.05, 0) is 42.4 Å². The second kappa shape index (κ2) is 7.91. The maximum Gasteiger partial charge on any atom is 0.303 e. The van der Waals surface area contributed by atoms with Crippen LogP contribution in [0.2, 0.25) is 0 Å². The molecule has 0 radical (unpaired) electrons. The fourth-order valence-electron chi connectivity index (χ4n) is 3.55. The largest absolute Gasteiger partial charge is 0.481 e. The Balaban J connectivity index is 2.17. The molecule has 19 heavy (non-hydrogen) atoms. The molecule has 0 aliphatic heterocycles. The molecule has 112 valence electrons. The average molecular weight is 268 g/mol. The topological polar surface area (TPSA) is 37.3 Å². The molecule has 0 aromatic heterocycles. The summed E-state index contributed by atoms with van der Waals surface area (Å²) in [6.07, 6.45) is 8.15. The van der Waals surface area contributed by atoms with Crippen molar-refractivity contribution in [2.75, 3.05) is 0 Å². The standard InChI is InChI=1S/C17H32O2/c1-12(2)14(4)16-9-8-15(11-16)7-5-6-13(3)10-17(18)19/h12-16H,5-11H2,1-4H3,(H,18,19). The molecule has 0 heterocycles. The minimum absolute atomic E-state index is 0.331. The maximum atomic E-state index is 10.6. The van der Waals surface area contributed by atoms with Gasteiger partial charge in [0, 0.05) is 6.42 Å². The molecule has 1 aliphatic rings. The summed E-state index contributed by atoms with van der Waals surface area (Å²) in [5.74, 6) is 3.18. The summed E-state index contributed by atoms with van der Waals surface area (Å²) in [4.78, 5) is 10.6. The van der Waals surface area contributed by atoms with E-state index in [0.29, 0.717) is 12.3 Å². The van der Waals surface area contributed by atoms with E-state index in [2.05, 4.69) is 27.7 Å². The minimum atomic E-state index is -0.654. The summed E-state index contributed by atoms with van der Waals surface area (Å²) >= 11 is 0. The molecule has 0 amide bonds. The van der Waals surface area contributed by atoms with Crippen LogP contribution < -0.4 is 0 Å². The van der Waals surface area contributed by atoms with Gasteiger partial charge in [-0.1, -0.05) is 53.4 Å². The fourth-order valence-corrected chi connectivity index (χ4v) is 3.55. The molecule has 4 atom stereocenters. The molecule has 2 heteroatoms. The van der Waals surface area contributed by atoms with Crippen LogP contribution in [0.15, 0.2) is 0 Å². The zero-order valence-electron chi connectivity index (χ0n) is 13.2. The zero-order chi connectivity index (χ0) is 14.4. The molecular formula is C17H32O2. The van der Waals surface area contributed by atoms with Gasteiger partial charge in [0.05, 0.1) is 0 Å². The van der Waals surface area contributed by atoms with Crippen molar-refractivity contribution in [2.45, 2.75) is 72.6 Å². The Morgan fingerprint density at radius 3 is 2.47 bits per heavy atom. The third-order valence-electron chi connectivity index (χ3n) is 5.21. The quantitative estimate of drug-likeness (QED) is 0.674. The van der Waals surface area contributed by atoms with Crippen molar-refractivity contribution < 1.29 is 9.90 Å². The predicted molar refractivity (Wildman–Crippen MR) is 80.1 cm³/mol. The van der Waals surface area contributed by atoms with E-state index in [1.54, 1.807) is 0 Å². The smallest absolute Gasteiger partial charge is 0.303 e. The van der Waals surface area contributed by atoms with Crippen LogP contribution in [0.4, 0.5) is 0 Å². The zero-order valence-corrected chi connectivity index (χ0v) is 13.2. The van der Waals surface area contributed by atoms with E-state index in [9.17, 15) is 4.79 Å². The number of carboxylic acids is 1. The lowest BCUT2D eigenvalue weighted by Crippen LogP contribution is -2.14. The van der Waals surface area contributed by atoms with Crippen LogP contribution in [0.5, 0.6) is 0 Å². The summed E-state index contributed by atoms with van der Waals surface area (Å²) < 4.78 is 0. The maximum absolute atomic E-state index is 10.6. The van der Waals surface area contributed by atoms with Crippen molar-refractivity contribution in [3.05, 3.63) is 0 Å². The molecule has 0 spiro atoms. The number of hydrogen-bond acceptors (Lipinski definition) is 1. The van der Waals surface area contributed by atoms with E-state index in [-0.39, 0.29) is 0 Å². The summed E-state index contributed by atoms with van der Waals surface area (Å²) in [7, 11) is 0.